The molecule has 0 radical (unpaired) electrons. The van der Waals surface area contributed by atoms with Crippen LogP contribution >= 0.6 is 11.6 Å². The molecule has 8 heteroatoms. The molecule has 2 atom stereocenters. The third-order valence-electron chi connectivity index (χ3n) is 5.35. The van der Waals surface area contributed by atoms with Crippen molar-refractivity contribution in [1.29, 1.82) is 0 Å². The molecule has 1 fully saturated rings. The summed E-state index contributed by atoms with van der Waals surface area (Å²) >= 11 is 5.98. The molecular formula is C23H19ClN2O5. The molecule has 2 aliphatic rings. The average Bonchev–Trinajstić information content (AvgIpc) is 3.04. The minimum absolute atomic E-state index is 0.201. The normalized spacial score (nSPS) is 19.8. The molecule has 4 rings (SSSR count). The van der Waals surface area contributed by atoms with Crippen LogP contribution in [-0.4, -0.2) is 30.3 Å². The van der Waals surface area contributed by atoms with Gasteiger partial charge in [-0.2, -0.15) is 0 Å². The number of halogens is 1. The Balaban J connectivity index is 1.36. The lowest BCUT2D eigenvalue weighted by atomic mass is 9.85. The highest BCUT2D eigenvalue weighted by atomic mass is 35.5. The molecule has 1 saturated heterocycles. The first kappa shape index (κ1) is 20.8. The van der Waals surface area contributed by atoms with Gasteiger partial charge in [0, 0.05) is 0 Å². The number of allylic oxidation sites excluding steroid dienone is 2. The molecule has 0 saturated carbocycles. The van der Waals surface area contributed by atoms with Crippen LogP contribution in [0.4, 0.5) is 11.4 Å². The number of esters is 1. The van der Waals surface area contributed by atoms with Crippen LogP contribution in [0.2, 0.25) is 5.02 Å². The van der Waals surface area contributed by atoms with Crippen molar-refractivity contribution < 1.29 is 23.9 Å². The van der Waals surface area contributed by atoms with E-state index in [0.29, 0.717) is 29.2 Å². The monoisotopic (exact) mass is 438 g/mol. The van der Waals surface area contributed by atoms with Gasteiger partial charge in [-0.3, -0.25) is 19.3 Å². The Bertz CT molecular complexity index is 1050. The topological polar surface area (TPSA) is 92.8 Å². The summed E-state index contributed by atoms with van der Waals surface area (Å²) in [5.41, 5.74) is 1.04. The number of rotatable bonds is 5. The van der Waals surface area contributed by atoms with E-state index < -0.39 is 18.5 Å². The maximum absolute atomic E-state index is 12.6. The van der Waals surface area contributed by atoms with Crippen molar-refractivity contribution in [1.82, 2.24) is 0 Å². The Labute approximate surface area is 183 Å². The fourth-order valence-corrected chi connectivity index (χ4v) is 3.95. The van der Waals surface area contributed by atoms with Crippen molar-refractivity contribution in [2.45, 2.75) is 12.8 Å². The first-order chi connectivity index (χ1) is 15.0. The number of ether oxygens (including phenoxy) is 1. The summed E-state index contributed by atoms with van der Waals surface area (Å²) in [6.45, 7) is -0.481. The molecule has 1 heterocycles. The van der Waals surface area contributed by atoms with Gasteiger partial charge in [0.15, 0.2) is 6.61 Å². The molecule has 0 aromatic heterocycles. The Morgan fingerprint density at radius 2 is 1.58 bits per heavy atom. The van der Waals surface area contributed by atoms with Crippen LogP contribution < -0.4 is 10.2 Å². The Hall–Kier alpha value is -3.45. The maximum Gasteiger partial charge on any atom is 0.338 e. The Kier molecular flexibility index (Phi) is 5.86. The van der Waals surface area contributed by atoms with Crippen molar-refractivity contribution in [3.05, 3.63) is 71.3 Å². The highest BCUT2D eigenvalue weighted by Crippen LogP contribution is 2.37. The number of para-hydroxylation sites is 1. The van der Waals surface area contributed by atoms with Crippen molar-refractivity contribution in [3.63, 3.8) is 0 Å². The molecule has 158 valence electrons. The summed E-state index contributed by atoms with van der Waals surface area (Å²) in [5, 5.41) is 2.94. The Morgan fingerprint density at radius 1 is 0.968 bits per heavy atom. The highest BCUT2D eigenvalue weighted by molar-refractivity contribution is 6.33. The zero-order chi connectivity index (χ0) is 22.0. The van der Waals surface area contributed by atoms with Gasteiger partial charge in [-0.15, -0.1) is 0 Å². The summed E-state index contributed by atoms with van der Waals surface area (Å²) in [5.74, 6) is -2.30. The number of carbonyl (C=O) groups excluding carboxylic acids is 4. The lowest BCUT2D eigenvalue weighted by Gasteiger charge is -2.15. The first-order valence-electron chi connectivity index (χ1n) is 9.80. The van der Waals surface area contributed by atoms with Gasteiger partial charge in [0.25, 0.3) is 5.91 Å². The third-order valence-corrected chi connectivity index (χ3v) is 5.68. The van der Waals surface area contributed by atoms with Crippen LogP contribution in [0.3, 0.4) is 0 Å². The van der Waals surface area contributed by atoms with Gasteiger partial charge >= 0.3 is 5.97 Å². The lowest BCUT2D eigenvalue weighted by molar-refractivity contribution is -0.122. The fourth-order valence-electron chi connectivity index (χ4n) is 3.76. The number of imide groups is 1. The van der Waals surface area contributed by atoms with Crippen LogP contribution in [0.15, 0.2) is 60.7 Å². The summed E-state index contributed by atoms with van der Waals surface area (Å²) in [6.07, 6.45) is 4.98. The molecule has 2 aromatic carbocycles. The van der Waals surface area contributed by atoms with E-state index in [-0.39, 0.29) is 29.2 Å². The van der Waals surface area contributed by atoms with Crippen molar-refractivity contribution in [2.24, 2.45) is 11.8 Å². The van der Waals surface area contributed by atoms with Gasteiger partial charge in [-0.25, -0.2) is 4.79 Å². The predicted octanol–water partition coefficient (Wildman–Crippen LogP) is 3.59. The molecule has 0 spiro atoms. The van der Waals surface area contributed by atoms with Crippen molar-refractivity contribution in [2.75, 3.05) is 16.8 Å². The number of amides is 3. The standard InChI is InChI=1S/C23H19ClN2O5/c24-18-7-3-4-8-19(18)25-20(27)13-31-23(30)14-9-11-15(12-10-14)26-21(28)16-5-1-2-6-17(16)22(26)29/h1-4,7-12,16-17H,5-6,13H2,(H,25,27)/t16-,17+. The van der Waals surface area contributed by atoms with E-state index in [4.69, 9.17) is 16.3 Å². The summed E-state index contributed by atoms with van der Waals surface area (Å²) in [7, 11) is 0. The van der Waals surface area contributed by atoms with Gasteiger partial charge in [0.05, 0.1) is 33.8 Å². The number of anilines is 2. The molecule has 1 aliphatic carbocycles. The van der Waals surface area contributed by atoms with E-state index in [2.05, 4.69) is 5.32 Å². The molecule has 0 bridgehead atoms. The van der Waals surface area contributed by atoms with Gasteiger partial charge in [0.1, 0.15) is 0 Å². The summed E-state index contributed by atoms with van der Waals surface area (Å²) in [4.78, 5) is 50.7. The van der Waals surface area contributed by atoms with Crippen molar-refractivity contribution >= 4 is 46.7 Å². The number of nitrogens with one attached hydrogen (secondary N) is 1. The molecule has 1 N–H and O–H groups in total. The third kappa shape index (κ3) is 4.22. The van der Waals surface area contributed by atoms with E-state index >= 15 is 0 Å². The van der Waals surface area contributed by atoms with Crippen molar-refractivity contribution in [3.8, 4) is 0 Å². The SMILES string of the molecule is O=C(COC(=O)c1ccc(N2C(=O)[C@H]3CC=CC[C@H]3C2=O)cc1)Nc1ccccc1Cl. The zero-order valence-electron chi connectivity index (χ0n) is 16.4. The molecular weight excluding hydrogens is 420 g/mol. The minimum atomic E-state index is -0.696. The van der Waals surface area contributed by atoms with Crippen LogP contribution in [0.1, 0.15) is 23.2 Å². The predicted molar refractivity (Wildman–Crippen MR) is 115 cm³/mol. The number of nitrogens with zero attached hydrogens (tertiary/aromatic N) is 1. The van der Waals surface area contributed by atoms with Gasteiger partial charge < -0.3 is 10.1 Å². The Morgan fingerprint density at radius 3 is 2.19 bits per heavy atom. The van der Waals surface area contributed by atoms with Crippen LogP contribution in [-0.2, 0) is 19.1 Å². The number of fused-ring (bicyclic) bond motifs is 1. The second-order valence-electron chi connectivity index (χ2n) is 7.32. The molecule has 3 amide bonds. The maximum atomic E-state index is 12.6. The highest BCUT2D eigenvalue weighted by Gasteiger charge is 2.47. The van der Waals surface area contributed by atoms with E-state index in [9.17, 15) is 19.2 Å². The second-order valence-corrected chi connectivity index (χ2v) is 7.73. The van der Waals surface area contributed by atoms with Gasteiger partial charge in [-0.1, -0.05) is 35.9 Å². The smallest absolute Gasteiger partial charge is 0.338 e. The van der Waals surface area contributed by atoms with Gasteiger partial charge in [-0.05, 0) is 49.2 Å². The van der Waals surface area contributed by atoms with Crippen LogP contribution in [0.5, 0.6) is 0 Å². The number of carbonyl (C=O) groups is 4. The summed E-state index contributed by atoms with van der Waals surface area (Å²) in [6, 6.07) is 12.7. The van der Waals surface area contributed by atoms with E-state index in [1.54, 1.807) is 24.3 Å². The number of hydrogen-bond acceptors (Lipinski definition) is 5. The lowest BCUT2D eigenvalue weighted by Crippen LogP contribution is -2.30. The average molecular weight is 439 g/mol. The molecule has 1 aliphatic heterocycles. The van der Waals surface area contributed by atoms with Crippen LogP contribution in [0, 0.1) is 11.8 Å². The van der Waals surface area contributed by atoms with Crippen LogP contribution in [0.25, 0.3) is 0 Å². The van der Waals surface area contributed by atoms with E-state index in [0.717, 1.165) is 0 Å². The summed E-state index contributed by atoms with van der Waals surface area (Å²) < 4.78 is 5.04. The zero-order valence-corrected chi connectivity index (χ0v) is 17.2. The number of benzene rings is 2. The molecule has 0 unspecified atom stereocenters. The molecule has 7 nitrogen and oxygen atoms in total. The fraction of sp³-hybridized carbons (Fsp3) is 0.217. The quantitative estimate of drug-likeness (QED) is 0.437. The van der Waals surface area contributed by atoms with Gasteiger partial charge in [0.2, 0.25) is 11.8 Å². The minimum Gasteiger partial charge on any atom is -0.452 e. The number of hydrogen-bond donors (Lipinski definition) is 1. The second kappa shape index (κ2) is 8.73. The van der Waals surface area contributed by atoms with E-state index in [1.807, 2.05) is 12.2 Å². The molecule has 31 heavy (non-hydrogen) atoms. The first-order valence-corrected chi connectivity index (χ1v) is 10.2. The molecule has 2 aromatic rings. The van der Waals surface area contributed by atoms with E-state index in [1.165, 1.54) is 29.2 Å². The largest absolute Gasteiger partial charge is 0.452 e.